The Morgan fingerprint density at radius 1 is 0.900 bits per heavy atom. The fourth-order valence-electron chi connectivity index (χ4n) is 2.30. The molecule has 0 N–H and O–H groups in total. The van der Waals surface area contributed by atoms with Gasteiger partial charge in [0.1, 0.15) is 6.10 Å². The number of ether oxygens (including phenoxy) is 3. The van der Waals surface area contributed by atoms with Crippen LogP contribution in [0.3, 0.4) is 0 Å². The normalized spacial score (nSPS) is 13.4. The molecule has 0 aliphatic rings. The highest BCUT2D eigenvalue weighted by Gasteiger charge is 2.42. The topological polar surface area (TPSA) is 44.8 Å². The summed E-state index contributed by atoms with van der Waals surface area (Å²) in [5.41, 5.74) is 0. The number of hydrogen-bond donors (Lipinski definition) is 0. The van der Waals surface area contributed by atoms with Gasteiger partial charge in [0.15, 0.2) is 0 Å². The monoisotopic (exact) mass is 287 g/mol. The van der Waals surface area contributed by atoms with Crippen molar-refractivity contribution < 1.29 is 19.0 Å². The van der Waals surface area contributed by atoms with Crippen LogP contribution < -0.4 is 0 Å². The summed E-state index contributed by atoms with van der Waals surface area (Å²) in [4.78, 5) is 11.4. The molecule has 1 unspecified atom stereocenters. The highest BCUT2D eigenvalue weighted by molar-refractivity contribution is 5.62. The van der Waals surface area contributed by atoms with E-state index in [0.29, 0.717) is 19.8 Å². The van der Waals surface area contributed by atoms with Gasteiger partial charge in [-0.3, -0.25) is 4.79 Å². The largest absolute Gasteiger partial charge is 0.372 e. The van der Waals surface area contributed by atoms with Crippen LogP contribution in [0.2, 0.25) is 0 Å². The van der Waals surface area contributed by atoms with E-state index in [0.717, 1.165) is 19.3 Å². The molecule has 119 valence electrons. The van der Waals surface area contributed by atoms with Gasteiger partial charge in [-0.1, -0.05) is 39.0 Å². The first-order valence-electron chi connectivity index (χ1n) is 7.99. The molecule has 20 heavy (non-hydrogen) atoms. The summed E-state index contributed by atoms with van der Waals surface area (Å²) in [5, 5.41) is 0. The van der Waals surface area contributed by atoms with Gasteiger partial charge >= 0.3 is 0 Å². The van der Waals surface area contributed by atoms with Gasteiger partial charge in [0.25, 0.3) is 12.1 Å². The molecule has 0 saturated heterocycles. The molecular weight excluding hydrogens is 256 g/mol. The van der Waals surface area contributed by atoms with Gasteiger partial charge in [-0.25, -0.2) is 0 Å². The van der Waals surface area contributed by atoms with E-state index in [-0.39, 0.29) is 6.10 Å². The van der Waals surface area contributed by atoms with E-state index < -0.39 is 5.79 Å². The van der Waals surface area contributed by atoms with Crippen molar-refractivity contribution in [3.05, 3.63) is 0 Å². The Hall–Kier alpha value is -0.450. The van der Waals surface area contributed by atoms with Crippen molar-refractivity contribution in [3.63, 3.8) is 0 Å². The summed E-state index contributed by atoms with van der Waals surface area (Å²) in [6.07, 6.45) is 8.15. The number of rotatable bonds is 14. The van der Waals surface area contributed by atoms with E-state index in [1.165, 1.54) is 19.3 Å². The van der Waals surface area contributed by atoms with Gasteiger partial charge in [-0.2, -0.15) is 0 Å². The Labute approximate surface area is 124 Å². The third kappa shape index (κ3) is 6.82. The van der Waals surface area contributed by atoms with Crippen LogP contribution in [0.5, 0.6) is 0 Å². The second-order valence-electron chi connectivity index (χ2n) is 4.78. The van der Waals surface area contributed by atoms with Gasteiger partial charge in [0, 0.05) is 19.8 Å². The minimum atomic E-state index is -1.37. The van der Waals surface area contributed by atoms with E-state index in [1.807, 2.05) is 27.1 Å². The van der Waals surface area contributed by atoms with Gasteiger partial charge in [0.05, 0.1) is 0 Å². The number of hydrogen-bond acceptors (Lipinski definition) is 4. The van der Waals surface area contributed by atoms with Crippen LogP contribution in [-0.4, -0.2) is 38.0 Å². The summed E-state index contributed by atoms with van der Waals surface area (Å²) >= 11 is 0. The first-order chi connectivity index (χ1) is 9.70. The molecule has 4 heteroatoms. The SMILES string of the molecule is CCCCCCCC(OCC)C([C]=O)(OCC)OCC. The highest BCUT2D eigenvalue weighted by Crippen LogP contribution is 2.24. The first kappa shape index (κ1) is 19.6. The lowest BCUT2D eigenvalue weighted by atomic mass is 10.0. The Balaban J connectivity index is 4.57. The number of unbranched alkanes of at least 4 members (excludes halogenated alkanes) is 4. The molecule has 0 aromatic heterocycles. The van der Waals surface area contributed by atoms with Crippen molar-refractivity contribution in [2.24, 2.45) is 0 Å². The summed E-state index contributed by atoms with van der Waals surface area (Å²) < 4.78 is 16.8. The molecule has 0 aromatic carbocycles. The molecule has 0 rings (SSSR count). The average molecular weight is 287 g/mol. The van der Waals surface area contributed by atoms with E-state index in [2.05, 4.69) is 6.92 Å². The van der Waals surface area contributed by atoms with Crippen LogP contribution in [0, 0.1) is 0 Å². The lowest BCUT2D eigenvalue weighted by molar-refractivity contribution is -0.246. The van der Waals surface area contributed by atoms with Crippen LogP contribution in [0.1, 0.15) is 66.2 Å². The third-order valence-corrected chi connectivity index (χ3v) is 3.22. The Morgan fingerprint density at radius 2 is 1.50 bits per heavy atom. The summed E-state index contributed by atoms with van der Waals surface area (Å²) in [6.45, 7) is 9.12. The molecule has 0 amide bonds. The molecular formula is C16H31O4. The van der Waals surface area contributed by atoms with Crippen LogP contribution in [0.15, 0.2) is 0 Å². The predicted molar refractivity (Wildman–Crippen MR) is 80.5 cm³/mol. The minimum absolute atomic E-state index is 0.383. The van der Waals surface area contributed by atoms with E-state index in [4.69, 9.17) is 14.2 Å². The lowest BCUT2D eigenvalue weighted by Gasteiger charge is -2.34. The molecule has 0 spiro atoms. The summed E-state index contributed by atoms with van der Waals surface area (Å²) in [5.74, 6) is -1.37. The number of carbonyl (C=O) groups excluding carboxylic acids is 1. The van der Waals surface area contributed by atoms with Crippen LogP contribution >= 0.6 is 0 Å². The Morgan fingerprint density at radius 3 is 1.95 bits per heavy atom. The van der Waals surface area contributed by atoms with Gasteiger partial charge in [0.2, 0.25) is 0 Å². The summed E-state index contributed by atoms with van der Waals surface area (Å²) in [7, 11) is 0. The second kappa shape index (κ2) is 12.3. The second-order valence-corrected chi connectivity index (χ2v) is 4.78. The lowest BCUT2D eigenvalue weighted by Crippen LogP contribution is -2.50. The zero-order valence-electron chi connectivity index (χ0n) is 13.6. The molecule has 0 fully saturated rings. The Bertz CT molecular complexity index is 225. The van der Waals surface area contributed by atoms with Gasteiger partial charge < -0.3 is 14.2 Å². The predicted octanol–water partition coefficient (Wildman–Crippen LogP) is 3.63. The molecule has 0 heterocycles. The molecule has 1 radical (unpaired) electrons. The van der Waals surface area contributed by atoms with E-state index in [1.54, 1.807) is 0 Å². The van der Waals surface area contributed by atoms with Crippen LogP contribution in [-0.2, 0) is 19.0 Å². The molecule has 0 bridgehead atoms. The van der Waals surface area contributed by atoms with E-state index in [9.17, 15) is 4.79 Å². The first-order valence-corrected chi connectivity index (χ1v) is 7.99. The molecule has 0 aliphatic carbocycles. The Kier molecular flexibility index (Phi) is 12.0. The quantitative estimate of drug-likeness (QED) is 0.361. The maximum atomic E-state index is 11.4. The summed E-state index contributed by atoms with van der Waals surface area (Å²) in [6, 6.07) is 0. The van der Waals surface area contributed by atoms with E-state index >= 15 is 0 Å². The molecule has 1 atom stereocenters. The smallest absolute Gasteiger partial charge is 0.266 e. The fraction of sp³-hybridized carbons (Fsp3) is 0.938. The van der Waals surface area contributed by atoms with Crippen molar-refractivity contribution in [2.75, 3.05) is 19.8 Å². The highest BCUT2D eigenvalue weighted by atomic mass is 16.7. The third-order valence-electron chi connectivity index (χ3n) is 3.22. The zero-order valence-corrected chi connectivity index (χ0v) is 13.6. The maximum Gasteiger partial charge on any atom is 0.266 e. The molecule has 0 saturated carbocycles. The van der Waals surface area contributed by atoms with Crippen molar-refractivity contribution in [1.82, 2.24) is 0 Å². The molecule has 4 nitrogen and oxygen atoms in total. The van der Waals surface area contributed by atoms with Crippen LogP contribution in [0.4, 0.5) is 0 Å². The van der Waals surface area contributed by atoms with Crippen molar-refractivity contribution >= 4 is 6.29 Å². The average Bonchev–Trinajstić information content (AvgIpc) is 2.45. The van der Waals surface area contributed by atoms with Crippen molar-refractivity contribution in [1.29, 1.82) is 0 Å². The van der Waals surface area contributed by atoms with Crippen LogP contribution in [0.25, 0.3) is 0 Å². The molecule has 0 aromatic rings. The van der Waals surface area contributed by atoms with Crippen molar-refractivity contribution in [3.8, 4) is 0 Å². The zero-order chi connectivity index (χ0) is 15.3. The minimum Gasteiger partial charge on any atom is -0.372 e. The van der Waals surface area contributed by atoms with Crippen molar-refractivity contribution in [2.45, 2.75) is 78.1 Å². The molecule has 0 aliphatic heterocycles. The van der Waals surface area contributed by atoms with Gasteiger partial charge in [-0.15, -0.1) is 0 Å². The standard InChI is InChI=1S/C16H31O4/c1-5-9-10-11-12-13-15(18-6-2)16(14-17,19-7-3)20-8-4/h15H,5-13H2,1-4H3. The fourth-order valence-corrected chi connectivity index (χ4v) is 2.30. The maximum absolute atomic E-state index is 11.4. The van der Waals surface area contributed by atoms with Gasteiger partial charge in [-0.05, 0) is 27.2 Å².